The molecule has 4 rings (SSSR count). The van der Waals surface area contributed by atoms with Crippen LogP contribution in [0.5, 0.6) is 0 Å². The number of hydrogen-bond acceptors (Lipinski definition) is 5. The molecule has 1 aromatic carbocycles. The predicted octanol–water partition coefficient (Wildman–Crippen LogP) is 3.25. The number of nitrogens with one attached hydrogen (secondary N) is 1. The van der Waals surface area contributed by atoms with E-state index in [2.05, 4.69) is 15.5 Å². The van der Waals surface area contributed by atoms with Gasteiger partial charge in [0.2, 0.25) is 5.91 Å². The highest BCUT2D eigenvalue weighted by molar-refractivity contribution is 6.07. The first-order valence-corrected chi connectivity index (χ1v) is 9.93. The van der Waals surface area contributed by atoms with Gasteiger partial charge in [0.05, 0.1) is 22.3 Å². The number of pyridine rings is 1. The molecular formula is C22H24N4O3. The van der Waals surface area contributed by atoms with E-state index in [1.807, 2.05) is 36.1 Å². The highest BCUT2D eigenvalue weighted by Gasteiger charge is 2.21. The summed E-state index contributed by atoms with van der Waals surface area (Å²) >= 11 is 0. The Morgan fingerprint density at radius 3 is 2.59 bits per heavy atom. The van der Waals surface area contributed by atoms with Crippen molar-refractivity contribution in [3.63, 3.8) is 0 Å². The van der Waals surface area contributed by atoms with E-state index in [1.54, 1.807) is 13.0 Å². The van der Waals surface area contributed by atoms with Gasteiger partial charge in [0, 0.05) is 31.6 Å². The van der Waals surface area contributed by atoms with Gasteiger partial charge in [-0.3, -0.25) is 9.59 Å². The van der Waals surface area contributed by atoms with Gasteiger partial charge in [0.15, 0.2) is 0 Å². The van der Waals surface area contributed by atoms with Crippen LogP contribution in [0.15, 0.2) is 34.9 Å². The number of aromatic nitrogens is 2. The number of hydrogen-bond donors (Lipinski definition) is 1. The first-order valence-electron chi connectivity index (χ1n) is 9.93. The Morgan fingerprint density at radius 1 is 1.14 bits per heavy atom. The standard InChI is InChI=1S/C22H24N4O3/c1-14-5-7-16(8-6-14)18-13-17(20-15(2)25-29-22(20)24-18)21(28)23-10-9-19(27)26-11-3-4-12-26/h5-8,13H,3-4,9-12H2,1-2H3,(H,23,28). The van der Waals surface area contributed by atoms with E-state index in [-0.39, 0.29) is 11.8 Å². The number of rotatable bonds is 5. The van der Waals surface area contributed by atoms with Crippen LogP contribution in [0.3, 0.4) is 0 Å². The molecule has 0 unspecified atom stereocenters. The van der Waals surface area contributed by atoms with Crippen molar-refractivity contribution in [3.8, 4) is 11.3 Å². The fourth-order valence-corrected chi connectivity index (χ4v) is 3.65. The molecule has 1 aliphatic heterocycles. The third kappa shape index (κ3) is 3.99. The van der Waals surface area contributed by atoms with Crippen LogP contribution in [0, 0.1) is 13.8 Å². The van der Waals surface area contributed by atoms with Crippen LogP contribution < -0.4 is 5.32 Å². The van der Waals surface area contributed by atoms with Gasteiger partial charge >= 0.3 is 0 Å². The minimum Gasteiger partial charge on any atom is -0.351 e. The molecule has 2 aromatic heterocycles. The summed E-state index contributed by atoms with van der Waals surface area (Å²) in [6.07, 6.45) is 2.41. The first kappa shape index (κ1) is 19.1. The fourth-order valence-electron chi connectivity index (χ4n) is 3.65. The van der Waals surface area contributed by atoms with Crippen LogP contribution in [0.4, 0.5) is 0 Å². The normalized spacial score (nSPS) is 13.8. The molecule has 0 bridgehead atoms. The maximum Gasteiger partial charge on any atom is 0.259 e. The summed E-state index contributed by atoms with van der Waals surface area (Å²) in [5.74, 6) is -0.171. The third-order valence-electron chi connectivity index (χ3n) is 5.29. The number of nitrogens with zero attached hydrogens (tertiary/aromatic N) is 3. The SMILES string of the molecule is Cc1ccc(-c2cc(C(=O)NCCC(=O)N3CCCC3)c3c(C)noc3n2)cc1. The van der Waals surface area contributed by atoms with Crippen LogP contribution in [0.1, 0.15) is 40.9 Å². The molecule has 7 heteroatoms. The zero-order chi connectivity index (χ0) is 20.4. The Bertz CT molecular complexity index is 1050. The van der Waals surface area contributed by atoms with Crippen molar-refractivity contribution in [2.24, 2.45) is 0 Å². The van der Waals surface area contributed by atoms with E-state index in [0.29, 0.717) is 41.0 Å². The summed E-state index contributed by atoms with van der Waals surface area (Å²) in [5, 5.41) is 7.44. The van der Waals surface area contributed by atoms with E-state index in [1.165, 1.54) is 0 Å². The summed E-state index contributed by atoms with van der Waals surface area (Å²) in [6.45, 7) is 5.73. The smallest absolute Gasteiger partial charge is 0.259 e. The van der Waals surface area contributed by atoms with Gasteiger partial charge in [0.25, 0.3) is 11.6 Å². The molecule has 1 saturated heterocycles. The summed E-state index contributed by atoms with van der Waals surface area (Å²) < 4.78 is 5.33. The largest absolute Gasteiger partial charge is 0.351 e. The van der Waals surface area contributed by atoms with Crippen LogP contribution in [0.25, 0.3) is 22.4 Å². The van der Waals surface area contributed by atoms with E-state index in [4.69, 9.17) is 4.52 Å². The van der Waals surface area contributed by atoms with Gasteiger partial charge < -0.3 is 14.7 Å². The van der Waals surface area contributed by atoms with Crippen molar-refractivity contribution in [1.29, 1.82) is 0 Å². The number of carbonyl (C=O) groups is 2. The van der Waals surface area contributed by atoms with Crippen molar-refractivity contribution in [3.05, 3.63) is 47.2 Å². The molecule has 7 nitrogen and oxygen atoms in total. The Labute approximate surface area is 169 Å². The quantitative estimate of drug-likeness (QED) is 0.720. The molecule has 0 radical (unpaired) electrons. The second kappa shape index (κ2) is 8.03. The van der Waals surface area contributed by atoms with Gasteiger partial charge in [-0.25, -0.2) is 4.98 Å². The Balaban J connectivity index is 1.56. The molecule has 1 aliphatic rings. The number of benzene rings is 1. The third-order valence-corrected chi connectivity index (χ3v) is 5.29. The van der Waals surface area contributed by atoms with Gasteiger partial charge in [-0.05, 0) is 32.8 Å². The highest BCUT2D eigenvalue weighted by atomic mass is 16.5. The monoisotopic (exact) mass is 392 g/mol. The van der Waals surface area contributed by atoms with Crippen molar-refractivity contribution < 1.29 is 14.1 Å². The van der Waals surface area contributed by atoms with Gasteiger partial charge in [-0.1, -0.05) is 35.0 Å². The summed E-state index contributed by atoms with van der Waals surface area (Å²) in [5.41, 5.74) is 4.08. The molecule has 0 atom stereocenters. The average molecular weight is 392 g/mol. The molecule has 0 saturated carbocycles. The molecule has 1 fully saturated rings. The zero-order valence-corrected chi connectivity index (χ0v) is 16.7. The fraction of sp³-hybridized carbons (Fsp3) is 0.364. The topological polar surface area (TPSA) is 88.3 Å². The number of likely N-dealkylation sites (tertiary alicyclic amines) is 1. The van der Waals surface area contributed by atoms with Crippen molar-refractivity contribution in [1.82, 2.24) is 20.4 Å². The summed E-state index contributed by atoms with van der Waals surface area (Å²) in [7, 11) is 0. The molecule has 3 aromatic rings. The Kier molecular flexibility index (Phi) is 5.29. The molecule has 29 heavy (non-hydrogen) atoms. The molecule has 0 spiro atoms. The number of fused-ring (bicyclic) bond motifs is 1. The van der Waals surface area contributed by atoms with Crippen LogP contribution in [-0.2, 0) is 4.79 Å². The molecule has 3 heterocycles. The van der Waals surface area contributed by atoms with E-state index >= 15 is 0 Å². The lowest BCUT2D eigenvalue weighted by atomic mass is 10.0. The zero-order valence-electron chi connectivity index (χ0n) is 16.7. The first-order chi connectivity index (χ1) is 14.0. The predicted molar refractivity (Wildman–Crippen MR) is 109 cm³/mol. The van der Waals surface area contributed by atoms with Gasteiger partial charge in [0.1, 0.15) is 0 Å². The molecular weight excluding hydrogens is 368 g/mol. The maximum atomic E-state index is 12.9. The Morgan fingerprint density at radius 2 is 1.86 bits per heavy atom. The molecule has 1 N–H and O–H groups in total. The van der Waals surface area contributed by atoms with Crippen molar-refractivity contribution in [2.45, 2.75) is 33.1 Å². The Hall–Kier alpha value is -3.22. The van der Waals surface area contributed by atoms with E-state index in [9.17, 15) is 9.59 Å². The molecule has 0 aliphatic carbocycles. The second-order valence-corrected chi connectivity index (χ2v) is 7.46. The summed E-state index contributed by atoms with van der Waals surface area (Å²) in [4.78, 5) is 31.5. The van der Waals surface area contributed by atoms with Crippen LogP contribution in [-0.4, -0.2) is 46.5 Å². The average Bonchev–Trinajstić information content (AvgIpc) is 3.38. The second-order valence-electron chi connectivity index (χ2n) is 7.46. The number of aryl methyl sites for hydroxylation is 2. The molecule has 2 amide bonds. The number of carbonyl (C=O) groups excluding carboxylic acids is 2. The van der Waals surface area contributed by atoms with E-state index < -0.39 is 0 Å². The summed E-state index contributed by atoms with van der Waals surface area (Å²) in [6, 6.07) is 9.67. The lowest BCUT2D eigenvalue weighted by molar-refractivity contribution is -0.129. The maximum absolute atomic E-state index is 12.9. The van der Waals surface area contributed by atoms with Crippen molar-refractivity contribution >= 4 is 22.9 Å². The lowest BCUT2D eigenvalue weighted by Gasteiger charge is -2.15. The van der Waals surface area contributed by atoms with Gasteiger partial charge in [-0.2, -0.15) is 0 Å². The molecule has 150 valence electrons. The lowest BCUT2D eigenvalue weighted by Crippen LogP contribution is -2.32. The van der Waals surface area contributed by atoms with Crippen molar-refractivity contribution in [2.75, 3.05) is 19.6 Å². The number of amides is 2. The minimum absolute atomic E-state index is 0.0872. The van der Waals surface area contributed by atoms with Crippen LogP contribution in [0.2, 0.25) is 0 Å². The van der Waals surface area contributed by atoms with Crippen LogP contribution >= 0.6 is 0 Å². The van der Waals surface area contributed by atoms with Gasteiger partial charge in [-0.15, -0.1) is 0 Å². The van der Waals surface area contributed by atoms with E-state index in [0.717, 1.165) is 37.1 Å². The highest BCUT2D eigenvalue weighted by Crippen LogP contribution is 2.27. The minimum atomic E-state index is -0.258.